The molecule has 1 aliphatic heterocycles. The number of methoxy groups -OCH3 is 1. The molecule has 0 N–H and O–H groups in total. The molecule has 1 saturated heterocycles. The summed E-state index contributed by atoms with van der Waals surface area (Å²) in [5.41, 5.74) is 2.67. The Kier molecular flexibility index (Phi) is 6.34. The number of hydrogen-bond donors (Lipinski definition) is 0. The lowest BCUT2D eigenvalue weighted by molar-refractivity contribution is -0.133. The molecule has 1 atom stereocenters. The Bertz CT molecular complexity index is 835. The summed E-state index contributed by atoms with van der Waals surface area (Å²) in [6, 6.07) is 15.6. The van der Waals surface area contributed by atoms with Gasteiger partial charge in [-0.15, -0.1) is 0 Å². The third kappa shape index (κ3) is 4.35. The smallest absolute Gasteiger partial charge is 0.257 e. The van der Waals surface area contributed by atoms with E-state index in [9.17, 15) is 9.59 Å². The van der Waals surface area contributed by atoms with Crippen molar-refractivity contribution < 1.29 is 14.3 Å². The molecule has 0 spiro atoms. The summed E-state index contributed by atoms with van der Waals surface area (Å²) in [5.74, 6) is 0.593. The van der Waals surface area contributed by atoms with Crippen LogP contribution in [0.25, 0.3) is 0 Å². The number of rotatable bonds is 5. The summed E-state index contributed by atoms with van der Waals surface area (Å²) in [4.78, 5) is 29.8. The van der Waals surface area contributed by atoms with E-state index in [4.69, 9.17) is 4.74 Å². The minimum absolute atomic E-state index is 0.00467. The van der Waals surface area contributed by atoms with Gasteiger partial charge in [0, 0.05) is 32.1 Å². The zero-order chi connectivity index (χ0) is 20.1. The molecule has 0 aromatic heterocycles. The van der Waals surface area contributed by atoms with Crippen LogP contribution in [0.5, 0.6) is 5.75 Å². The molecular weight excluding hydrogens is 352 g/mol. The third-order valence-corrected chi connectivity index (χ3v) is 5.33. The summed E-state index contributed by atoms with van der Waals surface area (Å²) in [7, 11) is 1.57. The average molecular weight is 380 g/mol. The Hall–Kier alpha value is -2.82. The van der Waals surface area contributed by atoms with Gasteiger partial charge in [0.15, 0.2) is 0 Å². The summed E-state index contributed by atoms with van der Waals surface area (Å²) in [6.45, 7) is 5.56. The molecule has 148 valence electrons. The monoisotopic (exact) mass is 380 g/mol. The predicted octanol–water partition coefficient (Wildman–Crippen LogP) is 3.66. The van der Waals surface area contributed by atoms with Gasteiger partial charge in [0.1, 0.15) is 5.75 Å². The number of amides is 2. The topological polar surface area (TPSA) is 49.9 Å². The van der Waals surface area contributed by atoms with Gasteiger partial charge in [0.2, 0.25) is 5.91 Å². The molecule has 3 rings (SSSR count). The first kappa shape index (κ1) is 19.9. The maximum atomic E-state index is 13.2. The Morgan fingerprint density at radius 1 is 1.18 bits per heavy atom. The summed E-state index contributed by atoms with van der Waals surface area (Å²) >= 11 is 0. The van der Waals surface area contributed by atoms with E-state index in [1.165, 1.54) is 0 Å². The summed E-state index contributed by atoms with van der Waals surface area (Å²) < 4.78 is 5.39. The fourth-order valence-corrected chi connectivity index (χ4v) is 3.71. The van der Waals surface area contributed by atoms with Crippen molar-refractivity contribution in [1.29, 1.82) is 0 Å². The van der Waals surface area contributed by atoms with E-state index in [1.807, 2.05) is 60.4 Å². The molecule has 2 aromatic rings. The van der Waals surface area contributed by atoms with Crippen molar-refractivity contribution in [2.75, 3.05) is 20.2 Å². The van der Waals surface area contributed by atoms with Crippen LogP contribution in [0, 0.1) is 6.92 Å². The molecule has 1 fully saturated rings. The van der Waals surface area contributed by atoms with E-state index in [-0.39, 0.29) is 17.9 Å². The standard InChI is InChI=1S/C23H28N2O3/c1-4-19-16-24(23(27)20-14-17(2)10-11-21(20)28-3)13-12-22(26)25(19)15-18-8-6-5-7-9-18/h5-11,14,19H,4,12-13,15-16H2,1-3H3/t19-/m0/s1. The lowest BCUT2D eigenvalue weighted by Crippen LogP contribution is -2.43. The van der Waals surface area contributed by atoms with Crippen molar-refractivity contribution in [1.82, 2.24) is 9.80 Å². The third-order valence-electron chi connectivity index (χ3n) is 5.33. The van der Waals surface area contributed by atoms with Gasteiger partial charge in [0.25, 0.3) is 5.91 Å². The Labute approximate surface area is 166 Å². The lowest BCUT2D eigenvalue weighted by atomic mass is 10.1. The summed E-state index contributed by atoms with van der Waals surface area (Å²) in [6.07, 6.45) is 1.14. The molecule has 5 heteroatoms. The molecule has 2 amide bonds. The number of nitrogens with zero attached hydrogens (tertiary/aromatic N) is 2. The van der Waals surface area contributed by atoms with E-state index in [2.05, 4.69) is 6.92 Å². The minimum Gasteiger partial charge on any atom is -0.496 e. The maximum absolute atomic E-state index is 13.2. The Morgan fingerprint density at radius 2 is 1.93 bits per heavy atom. The van der Waals surface area contributed by atoms with E-state index in [0.29, 0.717) is 37.4 Å². The first-order valence-electron chi connectivity index (χ1n) is 9.80. The van der Waals surface area contributed by atoms with Crippen molar-refractivity contribution in [3.63, 3.8) is 0 Å². The molecule has 0 bridgehead atoms. The molecule has 5 nitrogen and oxygen atoms in total. The highest BCUT2D eigenvalue weighted by Crippen LogP contribution is 2.24. The fraction of sp³-hybridized carbons (Fsp3) is 0.391. The zero-order valence-corrected chi connectivity index (χ0v) is 16.9. The van der Waals surface area contributed by atoms with Gasteiger partial charge in [-0.05, 0) is 31.0 Å². The van der Waals surface area contributed by atoms with Gasteiger partial charge in [-0.25, -0.2) is 0 Å². The normalized spacial score (nSPS) is 17.4. The van der Waals surface area contributed by atoms with Crippen molar-refractivity contribution in [3.05, 3.63) is 65.2 Å². The quantitative estimate of drug-likeness (QED) is 0.795. The molecule has 0 radical (unpaired) electrons. The van der Waals surface area contributed by atoms with Gasteiger partial charge < -0.3 is 14.5 Å². The molecule has 28 heavy (non-hydrogen) atoms. The molecular formula is C23H28N2O3. The van der Waals surface area contributed by atoms with Gasteiger partial charge in [-0.3, -0.25) is 9.59 Å². The van der Waals surface area contributed by atoms with E-state index in [0.717, 1.165) is 17.5 Å². The van der Waals surface area contributed by atoms with Crippen LogP contribution < -0.4 is 4.74 Å². The second-order valence-electron chi connectivity index (χ2n) is 7.27. The highest BCUT2D eigenvalue weighted by Gasteiger charge is 2.31. The number of benzene rings is 2. The molecule has 0 unspecified atom stereocenters. The molecule has 0 saturated carbocycles. The van der Waals surface area contributed by atoms with Crippen LogP contribution in [-0.4, -0.2) is 47.9 Å². The Morgan fingerprint density at radius 3 is 2.61 bits per heavy atom. The first-order chi connectivity index (χ1) is 13.5. The van der Waals surface area contributed by atoms with Crippen LogP contribution in [0.3, 0.4) is 0 Å². The van der Waals surface area contributed by atoms with Crippen LogP contribution in [0.4, 0.5) is 0 Å². The van der Waals surface area contributed by atoms with Crippen LogP contribution >= 0.6 is 0 Å². The van der Waals surface area contributed by atoms with Gasteiger partial charge >= 0.3 is 0 Å². The molecule has 0 aliphatic carbocycles. The molecule has 1 heterocycles. The number of hydrogen-bond acceptors (Lipinski definition) is 3. The number of carbonyl (C=O) groups is 2. The van der Waals surface area contributed by atoms with Crippen LogP contribution in [0.15, 0.2) is 48.5 Å². The number of carbonyl (C=O) groups excluding carboxylic acids is 2. The first-order valence-corrected chi connectivity index (χ1v) is 9.80. The number of ether oxygens (including phenoxy) is 1. The Balaban J connectivity index is 1.83. The maximum Gasteiger partial charge on any atom is 0.257 e. The second-order valence-corrected chi connectivity index (χ2v) is 7.27. The second kappa shape index (κ2) is 8.91. The zero-order valence-electron chi connectivity index (χ0n) is 16.9. The van der Waals surface area contributed by atoms with Crippen molar-refractivity contribution >= 4 is 11.8 Å². The van der Waals surface area contributed by atoms with Gasteiger partial charge in [0.05, 0.1) is 12.7 Å². The predicted molar refractivity (Wildman–Crippen MR) is 109 cm³/mol. The SMILES string of the molecule is CC[C@H]1CN(C(=O)c2cc(C)ccc2OC)CCC(=O)N1Cc1ccccc1. The van der Waals surface area contributed by atoms with Crippen LogP contribution in [0.2, 0.25) is 0 Å². The largest absolute Gasteiger partial charge is 0.496 e. The lowest BCUT2D eigenvalue weighted by Gasteiger charge is -2.31. The van der Waals surface area contributed by atoms with E-state index >= 15 is 0 Å². The van der Waals surface area contributed by atoms with E-state index < -0.39 is 0 Å². The molecule has 1 aliphatic rings. The molecule has 2 aromatic carbocycles. The van der Waals surface area contributed by atoms with E-state index in [1.54, 1.807) is 12.0 Å². The highest BCUT2D eigenvalue weighted by atomic mass is 16.5. The van der Waals surface area contributed by atoms with Gasteiger partial charge in [-0.2, -0.15) is 0 Å². The highest BCUT2D eigenvalue weighted by molar-refractivity contribution is 5.97. The van der Waals surface area contributed by atoms with Crippen LogP contribution in [-0.2, 0) is 11.3 Å². The van der Waals surface area contributed by atoms with Crippen molar-refractivity contribution in [2.24, 2.45) is 0 Å². The van der Waals surface area contributed by atoms with Crippen molar-refractivity contribution in [3.8, 4) is 5.75 Å². The van der Waals surface area contributed by atoms with Gasteiger partial charge in [-0.1, -0.05) is 48.9 Å². The summed E-state index contributed by atoms with van der Waals surface area (Å²) in [5, 5.41) is 0. The fourth-order valence-electron chi connectivity index (χ4n) is 3.71. The van der Waals surface area contributed by atoms with Crippen LogP contribution in [0.1, 0.15) is 41.3 Å². The van der Waals surface area contributed by atoms with Crippen molar-refractivity contribution in [2.45, 2.75) is 39.3 Å². The average Bonchev–Trinajstić information content (AvgIpc) is 2.87. The number of aryl methyl sites for hydroxylation is 1. The minimum atomic E-state index is -0.0756.